The molecule has 0 unspecified atom stereocenters. The second-order valence-corrected chi connectivity index (χ2v) is 7.25. The summed E-state index contributed by atoms with van der Waals surface area (Å²) in [6, 6.07) is 7.29. The lowest BCUT2D eigenvalue weighted by molar-refractivity contribution is -0.121. The number of carbonyl (C=O) groups is 1. The molecule has 4 rings (SSSR count). The van der Waals surface area contributed by atoms with Gasteiger partial charge >= 0.3 is 0 Å². The van der Waals surface area contributed by atoms with E-state index in [9.17, 15) is 9.59 Å². The molecule has 3 atom stereocenters. The fourth-order valence-electron chi connectivity index (χ4n) is 4.45. The van der Waals surface area contributed by atoms with Gasteiger partial charge in [0.25, 0.3) is 5.56 Å². The number of carbonyl (C=O) groups excluding carboxylic acids is 1. The quantitative estimate of drug-likeness (QED) is 0.918. The third kappa shape index (κ3) is 2.95. The maximum absolute atomic E-state index is 12.4. The van der Waals surface area contributed by atoms with Crippen molar-refractivity contribution in [3.8, 4) is 0 Å². The average Bonchev–Trinajstić information content (AvgIpc) is 3.22. The molecule has 1 aromatic heterocycles. The standard InChI is InChI=1S/C19H23N3O2/c23-18(20-11-15-10-13-5-6-14(15)9-13)7-8-22-12-21-17-4-2-1-3-16(17)19(22)24/h1-4,12-15H,5-11H2,(H,20,23)/t13-,14-,15+/m0/s1. The first-order valence-corrected chi connectivity index (χ1v) is 8.91. The fourth-order valence-corrected chi connectivity index (χ4v) is 4.45. The molecule has 1 aromatic carbocycles. The summed E-state index contributed by atoms with van der Waals surface area (Å²) in [5.41, 5.74) is 0.612. The van der Waals surface area contributed by atoms with E-state index >= 15 is 0 Å². The van der Waals surface area contributed by atoms with Crippen LogP contribution in [0.4, 0.5) is 0 Å². The van der Waals surface area contributed by atoms with E-state index in [0.717, 1.165) is 18.4 Å². The predicted molar refractivity (Wildman–Crippen MR) is 92.6 cm³/mol. The van der Waals surface area contributed by atoms with Gasteiger partial charge in [-0.3, -0.25) is 14.2 Å². The molecule has 2 saturated carbocycles. The van der Waals surface area contributed by atoms with Crippen LogP contribution in [0.5, 0.6) is 0 Å². The molecule has 5 heteroatoms. The summed E-state index contributed by atoms with van der Waals surface area (Å²) in [7, 11) is 0. The molecular weight excluding hydrogens is 302 g/mol. The van der Waals surface area contributed by atoms with E-state index < -0.39 is 0 Å². The molecule has 2 aliphatic rings. The molecular formula is C19H23N3O2. The van der Waals surface area contributed by atoms with Gasteiger partial charge in [-0.1, -0.05) is 18.6 Å². The van der Waals surface area contributed by atoms with Gasteiger partial charge in [0, 0.05) is 19.5 Å². The minimum atomic E-state index is -0.0819. The van der Waals surface area contributed by atoms with Crippen LogP contribution < -0.4 is 10.9 Å². The Labute approximate surface area is 141 Å². The van der Waals surface area contributed by atoms with Crippen molar-refractivity contribution in [3.05, 3.63) is 40.9 Å². The Morgan fingerprint density at radius 2 is 2.12 bits per heavy atom. The summed E-state index contributed by atoms with van der Waals surface area (Å²) >= 11 is 0. The van der Waals surface area contributed by atoms with Crippen LogP contribution in [-0.2, 0) is 11.3 Å². The monoisotopic (exact) mass is 325 g/mol. The summed E-state index contributed by atoms with van der Waals surface area (Å²) in [6.07, 6.45) is 7.21. The second kappa shape index (κ2) is 6.38. The van der Waals surface area contributed by atoms with Crippen LogP contribution in [0.1, 0.15) is 32.1 Å². The minimum absolute atomic E-state index is 0.0258. The fraction of sp³-hybridized carbons (Fsp3) is 0.526. The summed E-state index contributed by atoms with van der Waals surface area (Å²) in [6.45, 7) is 1.17. The normalized spacial score (nSPS) is 25.2. The first-order valence-electron chi connectivity index (χ1n) is 8.91. The van der Waals surface area contributed by atoms with Gasteiger partial charge in [-0.2, -0.15) is 0 Å². The first-order chi connectivity index (χ1) is 11.7. The number of benzene rings is 1. The largest absolute Gasteiger partial charge is 0.356 e. The Bertz CT molecular complexity index is 814. The minimum Gasteiger partial charge on any atom is -0.356 e. The molecule has 1 N–H and O–H groups in total. The molecule has 1 heterocycles. The Hall–Kier alpha value is -2.17. The van der Waals surface area contributed by atoms with Gasteiger partial charge in [-0.25, -0.2) is 4.98 Å². The van der Waals surface area contributed by atoms with Crippen molar-refractivity contribution < 1.29 is 4.79 Å². The number of nitrogens with zero attached hydrogens (tertiary/aromatic N) is 2. The number of rotatable bonds is 5. The molecule has 2 fully saturated rings. The number of nitrogens with one attached hydrogen (secondary N) is 1. The van der Waals surface area contributed by atoms with E-state index in [4.69, 9.17) is 0 Å². The highest BCUT2D eigenvalue weighted by Crippen LogP contribution is 2.47. The van der Waals surface area contributed by atoms with E-state index in [-0.39, 0.29) is 11.5 Å². The highest BCUT2D eigenvalue weighted by Gasteiger charge is 2.39. The first kappa shape index (κ1) is 15.4. The van der Waals surface area contributed by atoms with Crippen molar-refractivity contribution in [3.63, 3.8) is 0 Å². The number of hydrogen-bond donors (Lipinski definition) is 1. The van der Waals surface area contributed by atoms with Gasteiger partial charge in [0.15, 0.2) is 0 Å². The lowest BCUT2D eigenvalue weighted by Crippen LogP contribution is -2.33. The Balaban J connectivity index is 1.32. The molecule has 0 aliphatic heterocycles. The molecule has 0 saturated heterocycles. The van der Waals surface area contributed by atoms with Gasteiger partial charge < -0.3 is 5.32 Å². The van der Waals surface area contributed by atoms with Crippen molar-refractivity contribution >= 4 is 16.8 Å². The Morgan fingerprint density at radius 3 is 2.92 bits per heavy atom. The van der Waals surface area contributed by atoms with Crippen LogP contribution in [0.25, 0.3) is 10.9 Å². The number of hydrogen-bond acceptors (Lipinski definition) is 3. The number of aromatic nitrogens is 2. The number of fused-ring (bicyclic) bond motifs is 3. The van der Waals surface area contributed by atoms with Crippen LogP contribution in [0, 0.1) is 17.8 Å². The van der Waals surface area contributed by atoms with E-state index in [1.54, 1.807) is 6.07 Å². The van der Waals surface area contributed by atoms with Crippen LogP contribution in [0.3, 0.4) is 0 Å². The van der Waals surface area contributed by atoms with Gasteiger partial charge in [0.1, 0.15) is 0 Å². The zero-order valence-electron chi connectivity index (χ0n) is 13.8. The molecule has 24 heavy (non-hydrogen) atoms. The van der Waals surface area contributed by atoms with E-state index in [0.29, 0.717) is 29.8 Å². The number of para-hydroxylation sites is 1. The molecule has 5 nitrogen and oxygen atoms in total. The van der Waals surface area contributed by atoms with Crippen molar-refractivity contribution in [2.24, 2.45) is 17.8 Å². The van der Waals surface area contributed by atoms with Gasteiger partial charge in [0.05, 0.1) is 17.2 Å². The maximum atomic E-state index is 12.4. The van der Waals surface area contributed by atoms with Gasteiger partial charge in [-0.05, 0) is 49.1 Å². The summed E-state index contributed by atoms with van der Waals surface area (Å²) in [5, 5.41) is 3.66. The predicted octanol–water partition coefficient (Wildman–Crippen LogP) is 2.34. The van der Waals surface area contributed by atoms with Crippen LogP contribution in [0.15, 0.2) is 35.4 Å². The zero-order valence-corrected chi connectivity index (χ0v) is 13.8. The second-order valence-electron chi connectivity index (χ2n) is 7.25. The summed E-state index contributed by atoms with van der Waals surface area (Å²) in [5.74, 6) is 2.41. The Kier molecular flexibility index (Phi) is 4.08. The molecule has 2 aromatic rings. The van der Waals surface area contributed by atoms with Gasteiger partial charge in [-0.15, -0.1) is 0 Å². The van der Waals surface area contributed by atoms with E-state index in [1.165, 1.54) is 36.6 Å². The average molecular weight is 325 g/mol. The van der Waals surface area contributed by atoms with Crippen LogP contribution in [0.2, 0.25) is 0 Å². The van der Waals surface area contributed by atoms with E-state index in [2.05, 4.69) is 10.3 Å². The smallest absolute Gasteiger partial charge is 0.261 e. The van der Waals surface area contributed by atoms with Crippen molar-refractivity contribution in [2.45, 2.75) is 38.6 Å². The van der Waals surface area contributed by atoms with Crippen LogP contribution in [-0.4, -0.2) is 22.0 Å². The van der Waals surface area contributed by atoms with Crippen molar-refractivity contribution in [2.75, 3.05) is 6.54 Å². The van der Waals surface area contributed by atoms with Crippen molar-refractivity contribution in [1.29, 1.82) is 0 Å². The SMILES string of the molecule is O=C(CCn1cnc2ccccc2c1=O)NC[C@H]1C[C@H]2CC[C@H]1C2. The highest BCUT2D eigenvalue weighted by molar-refractivity contribution is 5.77. The number of aryl methyl sites for hydroxylation is 1. The highest BCUT2D eigenvalue weighted by atomic mass is 16.1. The van der Waals surface area contributed by atoms with Crippen LogP contribution >= 0.6 is 0 Å². The summed E-state index contributed by atoms with van der Waals surface area (Å²) in [4.78, 5) is 28.8. The third-order valence-corrected chi connectivity index (χ3v) is 5.76. The molecule has 126 valence electrons. The molecule has 0 spiro atoms. The van der Waals surface area contributed by atoms with E-state index in [1.807, 2.05) is 18.2 Å². The molecule has 2 aliphatic carbocycles. The third-order valence-electron chi connectivity index (χ3n) is 5.76. The zero-order chi connectivity index (χ0) is 16.5. The maximum Gasteiger partial charge on any atom is 0.261 e. The Morgan fingerprint density at radius 1 is 1.25 bits per heavy atom. The molecule has 0 radical (unpaired) electrons. The lowest BCUT2D eigenvalue weighted by Gasteiger charge is -2.21. The lowest BCUT2D eigenvalue weighted by atomic mass is 9.89. The summed E-state index contributed by atoms with van der Waals surface area (Å²) < 4.78 is 1.53. The number of amides is 1. The van der Waals surface area contributed by atoms with Gasteiger partial charge in [0.2, 0.25) is 5.91 Å². The molecule has 1 amide bonds. The van der Waals surface area contributed by atoms with Crippen molar-refractivity contribution in [1.82, 2.24) is 14.9 Å². The molecule has 2 bridgehead atoms. The topological polar surface area (TPSA) is 64.0 Å².